The lowest BCUT2D eigenvalue weighted by Gasteiger charge is -2.13. The highest BCUT2D eigenvalue weighted by Crippen LogP contribution is 2.36. The Kier molecular flexibility index (Phi) is 5.33. The van der Waals surface area contributed by atoms with Crippen LogP contribution in [0.15, 0.2) is 47.0 Å². The summed E-state index contributed by atoms with van der Waals surface area (Å²) in [5.74, 6) is 1.55. The topological polar surface area (TPSA) is 91.4 Å². The highest BCUT2D eigenvalue weighted by Gasteiger charge is 2.17. The molecule has 4 aromatic rings. The van der Waals surface area contributed by atoms with Crippen molar-refractivity contribution in [1.82, 2.24) is 14.8 Å². The number of methoxy groups -OCH3 is 2. The molecule has 0 aliphatic rings. The molecule has 0 saturated carbocycles. The SMILES string of the molecule is COc1cc(OC)c(NC(=O)Cn2cc(-c3nnc(C)o3)c3ccccc32)cc1Cl. The molecule has 154 valence electrons. The lowest BCUT2D eigenvalue weighted by molar-refractivity contribution is -0.116. The number of aromatic nitrogens is 3. The van der Waals surface area contributed by atoms with Crippen molar-refractivity contribution >= 4 is 34.1 Å². The molecule has 1 amide bonds. The smallest absolute Gasteiger partial charge is 0.249 e. The molecule has 30 heavy (non-hydrogen) atoms. The summed E-state index contributed by atoms with van der Waals surface area (Å²) in [6.07, 6.45) is 1.83. The van der Waals surface area contributed by atoms with Crippen molar-refractivity contribution in [3.05, 3.63) is 53.5 Å². The molecule has 0 fully saturated rings. The summed E-state index contributed by atoms with van der Waals surface area (Å²) < 4.78 is 17.9. The molecule has 0 bridgehead atoms. The van der Waals surface area contributed by atoms with E-state index in [0.29, 0.717) is 34.0 Å². The van der Waals surface area contributed by atoms with Gasteiger partial charge in [0.2, 0.25) is 17.7 Å². The third-order valence-electron chi connectivity index (χ3n) is 4.61. The van der Waals surface area contributed by atoms with Crippen molar-refractivity contribution in [1.29, 1.82) is 0 Å². The summed E-state index contributed by atoms with van der Waals surface area (Å²) in [7, 11) is 3.02. The summed E-state index contributed by atoms with van der Waals surface area (Å²) in [5, 5.41) is 12.1. The third kappa shape index (κ3) is 3.69. The molecule has 0 aliphatic carbocycles. The highest BCUT2D eigenvalue weighted by molar-refractivity contribution is 6.32. The summed E-state index contributed by atoms with van der Waals surface area (Å²) in [6, 6.07) is 10.9. The molecule has 0 atom stereocenters. The molecule has 2 heterocycles. The number of ether oxygens (including phenoxy) is 2. The van der Waals surface area contributed by atoms with Gasteiger partial charge in [-0.05, 0) is 12.1 Å². The minimum atomic E-state index is -0.247. The molecule has 1 N–H and O–H groups in total. The number of para-hydroxylation sites is 1. The number of carbonyl (C=O) groups is 1. The molecule has 9 heteroatoms. The monoisotopic (exact) mass is 426 g/mol. The Hall–Kier alpha value is -3.52. The van der Waals surface area contributed by atoms with Crippen LogP contribution in [0.25, 0.3) is 22.4 Å². The number of benzene rings is 2. The van der Waals surface area contributed by atoms with E-state index in [1.807, 2.05) is 35.0 Å². The molecular formula is C21H19ClN4O4. The number of fused-ring (bicyclic) bond motifs is 1. The van der Waals surface area contributed by atoms with Gasteiger partial charge in [0.1, 0.15) is 18.0 Å². The van der Waals surface area contributed by atoms with Crippen LogP contribution in [-0.2, 0) is 11.3 Å². The molecule has 0 unspecified atom stereocenters. The quantitative estimate of drug-likeness (QED) is 0.494. The fourth-order valence-electron chi connectivity index (χ4n) is 3.26. The molecular weight excluding hydrogens is 408 g/mol. The number of hydrogen-bond acceptors (Lipinski definition) is 6. The molecule has 4 rings (SSSR count). The summed E-state index contributed by atoms with van der Waals surface area (Å²) in [6.45, 7) is 1.80. The number of nitrogens with zero attached hydrogens (tertiary/aromatic N) is 3. The van der Waals surface area contributed by atoms with Gasteiger partial charge in [-0.25, -0.2) is 0 Å². The van der Waals surface area contributed by atoms with E-state index < -0.39 is 0 Å². The molecule has 0 saturated heterocycles. The molecule has 8 nitrogen and oxygen atoms in total. The number of aryl methyl sites for hydroxylation is 1. The fourth-order valence-corrected chi connectivity index (χ4v) is 3.50. The second kappa shape index (κ2) is 8.08. The Morgan fingerprint density at radius 1 is 1.17 bits per heavy atom. The fraction of sp³-hybridized carbons (Fsp3) is 0.190. The van der Waals surface area contributed by atoms with Crippen LogP contribution in [0, 0.1) is 6.92 Å². The van der Waals surface area contributed by atoms with E-state index in [0.717, 1.165) is 16.5 Å². The Morgan fingerprint density at radius 3 is 2.63 bits per heavy atom. The van der Waals surface area contributed by atoms with Gasteiger partial charge in [-0.3, -0.25) is 4.79 Å². The number of rotatable bonds is 6. The zero-order chi connectivity index (χ0) is 21.3. The maximum Gasteiger partial charge on any atom is 0.249 e. The van der Waals surface area contributed by atoms with Crippen LogP contribution >= 0.6 is 11.6 Å². The Balaban J connectivity index is 1.64. The molecule has 0 radical (unpaired) electrons. The van der Waals surface area contributed by atoms with Crippen molar-refractivity contribution in [2.75, 3.05) is 19.5 Å². The van der Waals surface area contributed by atoms with E-state index in [-0.39, 0.29) is 12.5 Å². The van der Waals surface area contributed by atoms with Crippen LogP contribution in [0.3, 0.4) is 0 Å². The highest BCUT2D eigenvalue weighted by atomic mass is 35.5. The van der Waals surface area contributed by atoms with Gasteiger partial charge >= 0.3 is 0 Å². The van der Waals surface area contributed by atoms with Crippen LogP contribution in [-0.4, -0.2) is 34.9 Å². The Morgan fingerprint density at radius 2 is 1.93 bits per heavy atom. The number of anilines is 1. The maximum absolute atomic E-state index is 12.8. The zero-order valence-electron chi connectivity index (χ0n) is 16.6. The first-order valence-electron chi connectivity index (χ1n) is 9.10. The van der Waals surface area contributed by atoms with Crippen LogP contribution in [0.4, 0.5) is 5.69 Å². The Bertz CT molecular complexity index is 1230. The van der Waals surface area contributed by atoms with E-state index >= 15 is 0 Å². The van der Waals surface area contributed by atoms with Gasteiger partial charge in [-0.2, -0.15) is 0 Å². The van der Waals surface area contributed by atoms with Gasteiger partial charge in [0.15, 0.2) is 0 Å². The first-order chi connectivity index (χ1) is 14.5. The summed E-state index contributed by atoms with van der Waals surface area (Å²) in [5.41, 5.74) is 2.10. The van der Waals surface area contributed by atoms with E-state index in [1.54, 1.807) is 19.1 Å². The van der Waals surface area contributed by atoms with E-state index in [1.165, 1.54) is 14.2 Å². The average Bonchev–Trinajstić information content (AvgIpc) is 3.32. The predicted octanol–water partition coefficient (Wildman–Crippen LogP) is 4.31. The lowest BCUT2D eigenvalue weighted by atomic mass is 10.2. The number of carbonyl (C=O) groups excluding carboxylic acids is 1. The number of hydrogen-bond donors (Lipinski definition) is 1. The second-order valence-corrected chi connectivity index (χ2v) is 6.96. The minimum absolute atomic E-state index is 0.0699. The van der Waals surface area contributed by atoms with Gasteiger partial charge in [-0.15, -0.1) is 10.2 Å². The lowest BCUT2D eigenvalue weighted by Crippen LogP contribution is -2.18. The normalized spacial score (nSPS) is 10.9. The average molecular weight is 427 g/mol. The van der Waals surface area contributed by atoms with Crippen molar-refractivity contribution < 1.29 is 18.7 Å². The maximum atomic E-state index is 12.8. The zero-order valence-corrected chi connectivity index (χ0v) is 17.4. The number of amides is 1. The number of nitrogens with one attached hydrogen (secondary N) is 1. The van der Waals surface area contributed by atoms with Crippen molar-refractivity contribution in [3.63, 3.8) is 0 Å². The predicted molar refractivity (Wildman–Crippen MR) is 113 cm³/mol. The van der Waals surface area contributed by atoms with Gasteiger partial charge in [-0.1, -0.05) is 29.8 Å². The van der Waals surface area contributed by atoms with Crippen molar-refractivity contribution in [2.45, 2.75) is 13.5 Å². The standard InChI is InChI=1S/C21H19ClN4O4/c1-12-24-25-21(30-12)14-10-26(17-7-5-4-6-13(14)17)11-20(27)23-16-8-15(22)18(28-2)9-19(16)29-3/h4-10H,11H2,1-3H3,(H,23,27). The third-order valence-corrected chi connectivity index (χ3v) is 4.90. The van der Waals surface area contributed by atoms with Gasteiger partial charge in [0, 0.05) is 30.1 Å². The molecule has 0 spiro atoms. The van der Waals surface area contributed by atoms with Gasteiger partial charge in [0.25, 0.3) is 0 Å². The summed E-state index contributed by atoms with van der Waals surface area (Å²) in [4.78, 5) is 12.8. The molecule has 0 aliphatic heterocycles. The van der Waals surface area contributed by atoms with E-state index in [9.17, 15) is 4.79 Å². The van der Waals surface area contributed by atoms with Crippen LogP contribution in [0.5, 0.6) is 11.5 Å². The van der Waals surface area contributed by atoms with Gasteiger partial charge in [0.05, 0.1) is 30.5 Å². The number of halogens is 1. The van der Waals surface area contributed by atoms with Crippen molar-refractivity contribution in [2.24, 2.45) is 0 Å². The first-order valence-corrected chi connectivity index (χ1v) is 9.47. The molecule has 2 aromatic carbocycles. The molecule has 2 aromatic heterocycles. The van der Waals surface area contributed by atoms with E-state index in [4.69, 9.17) is 25.5 Å². The van der Waals surface area contributed by atoms with Crippen LogP contribution in [0.1, 0.15) is 5.89 Å². The van der Waals surface area contributed by atoms with Gasteiger partial charge < -0.3 is 23.8 Å². The second-order valence-electron chi connectivity index (χ2n) is 6.55. The van der Waals surface area contributed by atoms with Crippen LogP contribution in [0.2, 0.25) is 5.02 Å². The summed E-state index contributed by atoms with van der Waals surface area (Å²) >= 11 is 6.19. The van der Waals surface area contributed by atoms with Crippen LogP contribution < -0.4 is 14.8 Å². The van der Waals surface area contributed by atoms with Crippen molar-refractivity contribution in [3.8, 4) is 23.0 Å². The largest absolute Gasteiger partial charge is 0.495 e. The minimum Gasteiger partial charge on any atom is -0.495 e. The first kappa shape index (κ1) is 19.8. The Labute approximate surface area is 177 Å². The van der Waals surface area contributed by atoms with E-state index in [2.05, 4.69) is 15.5 Å².